The molecule has 4 rings (SSSR count). The SMILES string of the molecule is CN=C(NCc1nccn1CCCc1ccccc1)NC(C)c1cccc(N2CCCC2)c1. The molecule has 33 heavy (non-hydrogen) atoms. The topological polar surface area (TPSA) is 57.5 Å². The first-order valence-electron chi connectivity index (χ1n) is 12.1. The molecule has 1 saturated heterocycles. The van der Waals surface area contributed by atoms with Crippen LogP contribution in [-0.2, 0) is 19.5 Å². The number of guanidine groups is 1. The number of hydrogen-bond acceptors (Lipinski definition) is 3. The fourth-order valence-corrected chi connectivity index (χ4v) is 4.42. The van der Waals surface area contributed by atoms with E-state index in [0.717, 1.165) is 44.3 Å². The number of nitrogens with zero attached hydrogens (tertiary/aromatic N) is 4. The summed E-state index contributed by atoms with van der Waals surface area (Å²) in [4.78, 5) is 11.5. The molecule has 0 aliphatic carbocycles. The Morgan fingerprint density at radius 1 is 1.09 bits per heavy atom. The Morgan fingerprint density at radius 2 is 1.91 bits per heavy atom. The highest BCUT2D eigenvalue weighted by Crippen LogP contribution is 2.24. The average Bonchev–Trinajstić information content (AvgIpc) is 3.55. The van der Waals surface area contributed by atoms with Gasteiger partial charge in [-0.1, -0.05) is 42.5 Å². The molecule has 0 spiro atoms. The summed E-state index contributed by atoms with van der Waals surface area (Å²) in [5, 5.41) is 6.97. The average molecular weight is 445 g/mol. The first kappa shape index (κ1) is 22.9. The number of nitrogens with one attached hydrogen (secondary N) is 2. The zero-order chi connectivity index (χ0) is 22.9. The van der Waals surface area contributed by atoms with Gasteiger partial charge in [0.05, 0.1) is 12.6 Å². The van der Waals surface area contributed by atoms with Gasteiger partial charge in [-0.3, -0.25) is 4.99 Å². The van der Waals surface area contributed by atoms with Gasteiger partial charge in [0.15, 0.2) is 5.96 Å². The van der Waals surface area contributed by atoms with E-state index in [2.05, 4.69) is 97.8 Å². The van der Waals surface area contributed by atoms with Gasteiger partial charge in [0.2, 0.25) is 0 Å². The van der Waals surface area contributed by atoms with Crippen molar-refractivity contribution in [1.82, 2.24) is 20.2 Å². The molecular weight excluding hydrogens is 408 g/mol. The van der Waals surface area contributed by atoms with Crippen LogP contribution in [0.25, 0.3) is 0 Å². The predicted octanol–water partition coefficient (Wildman–Crippen LogP) is 4.54. The molecule has 0 saturated carbocycles. The largest absolute Gasteiger partial charge is 0.372 e. The Hall–Kier alpha value is -3.28. The Balaban J connectivity index is 1.28. The molecule has 1 unspecified atom stereocenters. The highest BCUT2D eigenvalue weighted by molar-refractivity contribution is 5.80. The summed E-state index contributed by atoms with van der Waals surface area (Å²) in [7, 11) is 1.81. The van der Waals surface area contributed by atoms with E-state index < -0.39 is 0 Å². The zero-order valence-corrected chi connectivity index (χ0v) is 19.9. The van der Waals surface area contributed by atoms with Gasteiger partial charge in [-0.15, -0.1) is 0 Å². The quantitative estimate of drug-likeness (QED) is 0.376. The predicted molar refractivity (Wildman–Crippen MR) is 137 cm³/mol. The van der Waals surface area contributed by atoms with E-state index in [0.29, 0.717) is 6.54 Å². The third kappa shape index (κ3) is 6.37. The molecule has 3 aromatic rings. The van der Waals surface area contributed by atoms with Gasteiger partial charge in [-0.05, 0) is 55.9 Å². The van der Waals surface area contributed by atoms with E-state index in [1.807, 2.05) is 13.2 Å². The van der Waals surface area contributed by atoms with Crippen LogP contribution in [0.3, 0.4) is 0 Å². The molecule has 6 heteroatoms. The van der Waals surface area contributed by atoms with Gasteiger partial charge in [0.1, 0.15) is 5.82 Å². The Kier molecular flexibility index (Phi) is 8.01. The summed E-state index contributed by atoms with van der Waals surface area (Å²) < 4.78 is 2.23. The molecule has 2 aromatic carbocycles. The lowest BCUT2D eigenvalue weighted by Crippen LogP contribution is -2.38. The van der Waals surface area contributed by atoms with E-state index in [1.165, 1.54) is 29.7 Å². The second-order valence-corrected chi connectivity index (χ2v) is 8.71. The van der Waals surface area contributed by atoms with Gasteiger partial charge < -0.3 is 20.1 Å². The van der Waals surface area contributed by atoms with E-state index >= 15 is 0 Å². The lowest BCUT2D eigenvalue weighted by molar-refractivity contribution is 0.597. The molecule has 1 atom stereocenters. The highest BCUT2D eigenvalue weighted by atomic mass is 15.2. The van der Waals surface area contributed by atoms with Crippen molar-refractivity contribution in [2.24, 2.45) is 4.99 Å². The fraction of sp³-hybridized carbons (Fsp3) is 0.407. The van der Waals surface area contributed by atoms with Crippen molar-refractivity contribution in [2.75, 3.05) is 25.0 Å². The second kappa shape index (κ2) is 11.5. The van der Waals surface area contributed by atoms with Crippen molar-refractivity contribution >= 4 is 11.6 Å². The van der Waals surface area contributed by atoms with Crippen molar-refractivity contribution in [3.05, 3.63) is 83.9 Å². The Labute approximate surface area is 197 Å². The van der Waals surface area contributed by atoms with E-state index in [4.69, 9.17) is 0 Å². The molecule has 0 radical (unpaired) electrons. The summed E-state index contributed by atoms with van der Waals surface area (Å²) in [6, 6.07) is 19.7. The molecule has 1 fully saturated rings. The molecule has 174 valence electrons. The van der Waals surface area contributed by atoms with Crippen LogP contribution in [0.4, 0.5) is 5.69 Å². The van der Waals surface area contributed by atoms with Crippen molar-refractivity contribution in [3.8, 4) is 0 Å². The van der Waals surface area contributed by atoms with Crippen molar-refractivity contribution in [2.45, 2.75) is 51.7 Å². The maximum Gasteiger partial charge on any atom is 0.191 e. The van der Waals surface area contributed by atoms with Crippen molar-refractivity contribution in [1.29, 1.82) is 0 Å². The minimum atomic E-state index is 0.157. The van der Waals surface area contributed by atoms with Gasteiger partial charge in [0.25, 0.3) is 0 Å². The van der Waals surface area contributed by atoms with Gasteiger partial charge in [-0.25, -0.2) is 4.98 Å². The standard InChI is InChI=1S/C27H36N6/c1-22(24-13-8-14-25(20-24)32-16-6-7-17-32)31-27(28-2)30-21-26-29-15-19-33(26)18-9-12-23-10-4-3-5-11-23/h3-5,8,10-11,13-15,19-20,22H,6-7,9,12,16-18,21H2,1-2H3,(H2,28,30,31). The molecule has 1 aromatic heterocycles. The number of aryl methyl sites for hydroxylation is 2. The normalized spacial score (nSPS) is 15.0. The smallest absolute Gasteiger partial charge is 0.191 e. The number of imidazole rings is 1. The molecular formula is C27H36N6. The molecule has 6 nitrogen and oxygen atoms in total. The van der Waals surface area contributed by atoms with Crippen LogP contribution in [0.2, 0.25) is 0 Å². The summed E-state index contributed by atoms with van der Waals surface area (Å²) in [5.41, 5.74) is 3.97. The van der Waals surface area contributed by atoms with Gasteiger partial charge in [-0.2, -0.15) is 0 Å². The van der Waals surface area contributed by atoms with Gasteiger partial charge in [0, 0.05) is 44.8 Å². The second-order valence-electron chi connectivity index (χ2n) is 8.71. The monoisotopic (exact) mass is 444 g/mol. The first-order valence-corrected chi connectivity index (χ1v) is 12.1. The van der Waals surface area contributed by atoms with Crippen molar-refractivity contribution < 1.29 is 0 Å². The maximum absolute atomic E-state index is 4.55. The van der Waals surface area contributed by atoms with Crippen LogP contribution in [-0.4, -0.2) is 35.6 Å². The number of anilines is 1. The van der Waals surface area contributed by atoms with Crippen LogP contribution in [0.5, 0.6) is 0 Å². The highest BCUT2D eigenvalue weighted by Gasteiger charge is 2.15. The van der Waals surface area contributed by atoms with E-state index in [-0.39, 0.29) is 6.04 Å². The summed E-state index contributed by atoms with van der Waals surface area (Å²) in [6.07, 6.45) is 8.67. The number of rotatable bonds is 9. The zero-order valence-electron chi connectivity index (χ0n) is 19.9. The maximum atomic E-state index is 4.55. The van der Waals surface area contributed by atoms with Gasteiger partial charge >= 0.3 is 0 Å². The lowest BCUT2D eigenvalue weighted by atomic mass is 10.1. The number of hydrogen-bond donors (Lipinski definition) is 2. The minimum Gasteiger partial charge on any atom is -0.372 e. The third-order valence-corrected chi connectivity index (χ3v) is 6.34. The molecule has 0 bridgehead atoms. The van der Waals surface area contributed by atoms with Crippen LogP contribution < -0.4 is 15.5 Å². The van der Waals surface area contributed by atoms with Crippen molar-refractivity contribution in [3.63, 3.8) is 0 Å². The molecule has 1 aliphatic heterocycles. The van der Waals surface area contributed by atoms with Crippen LogP contribution in [0.15, 0.2) is 72.0 Å². The third-order valence-electron chi connectivity index (χ3n) is 6.34. The number of aromatic nitrogens is 2. The molecule has 2 N–H and O–H groups in total. The van der Waals surface area contributed by atoms with E-state index in [1.54, 1.807) is 0 Å². The van der Waals surface area contributed by atoms with Crippen LogP contribution in [0, 0.1) is 0 Å². The lowest BCUT2D eigenvalue weighted by Gasteiger charge is -2.22. The minimum absolute atomic E-state index is 0.157. The number of benzene rings is 2. The molecule has 2 heterocycles. The fourth-order valence-electron chi connectivity index (χ4n) is 4.42. The molecule has 1 aliphatic rings. The van der Waals surface area contributed by atoms with Crippen LogP contribution >= 0.6 is 0 Å². The van der Waals surface area contributed by atoms with E-state index in [9.17, 15) is 0 Å². The molecule has 0 amide bonds. The first-order chi connectivity index (χ1) is 16.2. The summed E-state index contributed by atoms with van der Waals surface area (Å²) in [5.74, 6) is 1.81. The summed E-state index contributed by atoms with van der Waals surface area (Å²) >= 11 is 0. The number of aliphatic imine (C=N–C) groups is 1. The Bertz CT molecular complexity index is 1020. The summed E-state index contributed by atoms with van der Waals surface area (Å²) in [6.45, 7) is 6.09. The Morgan fingerprint density at radius 3 is 2.70 bits per heavy atom. The van der Waals surface area contributed by atoms with Crippen LogP contribution in [0.1, 0.15) is 49.2 Å².